The molecule has 0 aliphatic carbocycles. The second-order valence-electron chi connectivity index (χ2n) is 6.47. The van der Waals surface area contributed by atoms with E-state index in [2.05, 4.69) is 35.4 Å². The Morgan fingerprint density at radius 1 is 0.920 bits per heavy atom. The van der Waals surface area contributed by atoms with Gasteiger partial charge in [0.25, 0.3) is 5.91 Å². The van der Waals surface area contributed by atoms with Crippen molar-refractivity contribution in [2.75, 3.05) is 13.1 Å². The molecule has 2 aromatic carbocycles. The van der Waals surface area contributed by atoms with Crippen molar-refractivity contribution < 1.29 is 4.79 Å². The number of rotatable bonds is 3. The third kappa shape index (κ3) is 3.33. The van der Waals surface area contributed by atoms with E-state index in [1.807, 2.05) is 41.4 Å². The Morgan fingerprint density at radius 2 is 1.64 bits per heavy atom. The molecule has 4 heteroatoms. The minimum atomic E-state index is 0.124. The molecule has 2 heterocycles. The number of hydrogen-bond acceptors (Lipinski definition) is 2. The van der Waals surface area contributed by atoms with Gasteiger partial charge in [-0.15, -0.1) is 0 Å². The average molecular weight is 331 g/mol. The summed E-state index contributed by atoms with van der Waals surface area (Å²) in [5.74, 6) is 0.686. The molecule has 126 valence electrons. The van der Waals surface area contributed by atoms with E-state index in [9.17, 15) is 4.79 Å². The van der Waals surface area contributed by atoms with Crippen molar-refractivity contribution in [2.45, 2.75) is 18.8 Å². The summed E-state index contributed by atoms with van der Waals surface area (Å²) in [6.07, 6.45) is 5.70. The van der Waals surface area contributed by atoms with E-state index in [1.54, 1.807) is 10.9 Å². The van der Waals surface area contributed by atoms with E-state index in [0.717, 1.165) is 37.2 Å². The molecular weight excluding hydrogens is 310 g/mol. The molecule has 0 radical (unpaired) electrons. The molecule has 1 aliphatic heterocycles. The van der Waals surface area contributed by atoms with Crippen LogP contribution in [0.15, 0.2) is 73.1 Å². The first-order valence-electron chi connectivity index (χ1n) is 8.75. The quantitative estimate of drug-likeness (QED) is 0.730. The van der Waals surface area contributed by atoms with Gasteiger partial charge < -0.3 is 4.90 Å². The third-order valence-electron chi connectivity index (χ3n) is 4.94. The second kappa shape index (κ2) is 6.93. The molecule has 1 aliphatic rings. The van der Waals surface area contributed by atoms with E-state index in [4.69, 9.17) is 0 Å². The number of benzene rings is 2. The number of nitrogens with zero attached hydrogens (tertiary/aromatic N) is 3. The maximum Gasteiger partial charge on any atom is 0.253 e. The van der Waals surface area contributed by atoms with Gasteiger partial charge >= 0.3 is 0 Å². The molecule has 3 aromatic rings. The highest BCUT2D eigenvalue weighted by molar-refractivity contribution is 5.94. The maximum absolute atomic E-state index is 12.7. The summed E-state index contributed by atoms with van der Waals surface area (Å²) < 4.78 is 1.79. The van der Waals surface area contributed by atoms with Crippen molar-refractivity contribution in [1.82, 2.24) is 14.7 Å². The minimum Gasteiger partial charge on any atom is -0.339 e. The van der Waals surface area contributed by atoms with Crippen molar-refractivity contribution in [3.8, 4) is 5.69 Å². The SMILES string of the molecule is O=C(c1ccc(-n2cccn2)cc1)N1CCC(c2ccccc2)CC1. The van der Waals surface area contributed by atoms with Gasteiger partial charge in [-0.2, -0.15) is 5.10 Å². The number of hydrogen-bond donors (Lipinski definition) is 0. The zero-order chi connectivity index (χ0) is 17.1. The van der Waals surface area contributed by atoms with Gasteiger partial charge in [-0.3, -0.25) is 4.79 Å². The molecule has 1 fully saturated rings. The molecular formula is C21H21N3O. The molecule has 1 saturated heterocycles. The number of likely N-dealkylation sites (tertiary alicyclic amines) is 1. The highest BCUT2D eigenvalue weighted by Gasteiger charge is 2.24. The lowest BCUT2D eigenvalue weighted by molar-refractivity contribution is 0.0713. The van der Waals surface area contributed by atoms with Crippen LogP contribution >= 0.6 is 0 Å². The zero-order valence-electron chi connectivity index (χ0n) is 14.1. The van der Waals surface area contributed by atoms with Crippen LogP contribution in [0.2, 0.25) is 0 Å². The first kappa shape index (κ1) is 15.6. The monoisotopic (exact) mass is 331 g/mol. The molecule has 4 rings (SSSR count). The van der Waals surface area contributed by atoms with E-state index < -0.39 is 0 Å². The van der Waals surface area contributed by atoms with Gasteiger partial charge in [-0.1, -0.05) is 30.3 Å². The number of piperidine rings is 1. The van der Waals surface area contributed by atoms with Gasteiger partial charge in [0, 0.05) is 31.0 Å². The highest BCUT2D eigenvalue weighted by Crippen LogP contribution is 2.28. The normalized spacial score (nSPS) is 15.3. The van der Waals surface area contributed by atoms with Gasteiger partial charge in [-0.25, -0.2) is 4.68 Å². The molecule has 0 bridgehead atoms. The third-order valence-corrected chi connectivity index (χ3v) is 4.94. The van der Waals surface area contributed by atoms with E-state index in [-0.39, 0.29) is 5.91 Å². The number of carbonyl (C=O) groups excluding carboxylic acids is 1. The summed E-state index contributed by atoms with van der Waals surface area (Å²) in [6.45, 7) is 1.64. The molecule has 1 amide bonds. The summed E-state index contributed by atoms with van der Waals surface area (Å²) in [6, 6.07) is 20.2. The van der Waals surface area contributed by atoms with Crippen molar-refractivity contribution in [2.24, 2.45) is 0 Å². The summed E-state index contributed by atoms with van der Waals surface area (Å²) in [5, 5.41) is 4.21. The van der Waals surface area contributed by atoms with Crippen molar-refractivity contribution in [3.05, 3.63) is 84.2 Å². The van der Waals surface area contributed by atoms with Gasteiger partial charge in [0.2, 0.25) is 0 Å². The molecule has 1 aromatic heterocycles. The first-order chi connectivity index (χ1) is 12.3. The van der Waals surface area contributed by atoms with Crippen LogP contribution in [-0.2, 0) is 0 Å². The van der Waals surface area contributed by atoms with Gasteiger partial charge in [0.05, 0.1) is 5.69 Å². The van der Waals surface area contributed by atoms with E-state index in [0.29, 0.717) is 5.92 Å². The molecule has 25 heavy (non-hydrogen) atoms. The fourth-order valence-corrected chi connectivity index (χ4v) is 3.50. The van der Waals surface area contributed by atoms with E-state index >= 15 is 0 Å². The Hall–Kier alpha value is -2.88. The Morgan fingerprint density at radius 3 is 2.28 bits per heavy atom. The van der Waals surface area contributed by atoms with Crippen LogP contribution in [-0.4, -0.2) is 33.7 Å². The number of aromatic nitrogens is 2. The molecule has 0 N–H and O–H groups in total. The maximum atomic E-state index is 12.7. The van der Waals surface area contributed by atoms with Gasteiger partial charge in [0.1, 0.15) is 0 Å². The Kier molecular flexibility index (Phi) is 4.34. The summed E-state index contributed by atoms with van der Waals surface area (Å²) in [4.78, 5) is 14.7. The summed E-state index contributed by atoms with van der Waals surface area (Å²) >= 11 is 0. The van der Waals surface area contributed by atoms with Crippen molar-refractivity contribution >= 4 is 5.91 Å². The van der Waals surface area contributed by atoms with Crippen LogP contribution in [0.5, 0.6) is 0 Å². The Labute approximate surface area is 147 Å². The average Bonchev–Trinajstić information content (AvgIpc) is 3.23. The fourth-order valence-electron chi connectivity index (χ4n) is 3.50. The van der Waals surface area contributed by atoms with Crippen LogP contribution in [0.4, 0.5) is 0 Å². The molecule has 0 atom stereocenters. The highest BCUT2D eigenvalue weighted by atomic mass is 16.2. The van der Waals surface area contributed by atoms with Gasteiger partial charge in [-0.05, 0) is 54.7 Å². The summed E-state index contributed by atoms with van der Waals surface area (Å²) in [7, 11) is 0. The van der Waals surface area contributed by atoms with Crippen LogP contribution in [0.3, 0.4) is 0 Å². The molecule has 0 unspecified atom stereocenters. The lowest BCUT2D eigenvalue weighted by Gasteiger charge is -2.32. The smallest absolute Gasteiger partial charge is 0.253 e. The second-order valence-corrected chi connectivity index (χ2v) is 6.47. The van der Waals surface area contributed by atoms with Crippen LogP contribution in [0, 0.1) is 0 Å². The standard InChI is InChI=1S/C21H21N3O/c25-21(19-7-9-20(10-8-19)24-14-4-13-22-24)23-15-11-18(12-16-23)17-5-2-1-3-6-17/h1-10,13-14,18H,11-12,15-16H2. The van der Waals surface area contributed by atoms with Crippen LogP contribution < -0.4 is 0 Å². The predicted molar refractivity (Wildman–Crippen MR) is 97.9 cm³/mol. The summed E-state index contributed by atoms with van der Waals surface area (Å²) in [5.41, 5.74) is 3.09. The Balaban J connectivity index is 1.40. The Bertz CT molecular complexity index is 817. The minimum absolute atomic E-state index is 0.124. The van der Waals surface area contributed by atoms with Crippen molar-refractivity contribution in [3.63, 3.8) is 0 Å². The topological polar surface area (TPSA) is 38.1 Å². The van der Waals surface area contributed by atoms with E-state index in [1.165, 1.54) is 5.56 Å². The number of amides is 1. The molecule has 0 saturated carbocycles. The molecule has 4 nitrogen and oxygen atoms in total. The lowest BCUT2D eigenvalue weighted by atomic mass is 9.89. The fraction of sp³-hybridized carbons (Fsp3) is 0.238. The molecule has 0 spiro atoms. The largest absolute Gasteiger partial charge is 0.339 e. The van der Waals surface area contributed by atoms with Crippen molar-refractivity contribution in [1.29, 1.82) is 0 Å². The predicted octanol–water partition coefficient (Wildman–Crippen LogP) is 3.89. The van der Waals surface area contributed by atoms with Crippen LogP contribution in [0.25, 0.3) is 5.69 Å². The lowest BCUT2D eigenvalue weighted by Crippen LogP contribution is -2.37. The number of carbonyl (C=O) groups is 1. The first-order valence-corrected chi connectivity index (χ1v) is 8.75. The zero-order valence-corrected chi connectivity index (χ0v) is 14.1. The van der Waals surface area contributed by atoms with Gasteiger partial charge in [0.15, 0.2) is 0 Å². The van der Waals surface area contributed by atoms with Crippen LogP contribution in [0.1, 0.15) is 34.7 Å².